The second-order valence-corrected chi connectivity index (χ2v) is 12.1. The number of halogens is 2. The lowest BCUT2D eigenvalue weighted by atomic mass is 9.94. The van der Waals surface area contributed by atoms with Gasteiger partial charge in [0.25, 0.3) is 0 Å². The summed E-state index contributed by atoms with van der Waals surface area (Å²) in [5.41, 5.74) is 0.397. The van der Waals surface area contributed by atoms with Crippen LogP contribution >= 0.6 is 11.3 Å². The zero-order chi connectivity index (χ0) is 30.3. The third-order valence-corrected chi connectivity index (χ3v) is 8.17. The lowest BCUT2D eigenvalue weighted by Gasteiger charge is -2.26. The molecule has 224 valence electrons. The van der Waals surface area contributed by atoms with Gasteiger partial charge in [-0.15, -0.1) is 11.3 Å². The Balaban J connectivity index is 1.43. The molecule has 1 amide bonds. The summed E-state index contributed by atoms with van der Waals surface area (Å²) in [6, 6.07) is 2.04. The molecule has 1 N–H and O–H groups in total. The van der Waals surface area contributed by atoms with Gasteiger partial charge in [0.05, 0.1) is 48.6 Å². The summed E-state index contributed by atoms with van der Waals surface area (Å²) >= 11 is 0.844. The monoisotopic (exact) mass is 610 g/mol. The number of carbonyl (C=O) groups excluding carboxylic acids is 1. The number of nitriles is 1. The number of aromatic nitrogens is 3. The van der Waals surface area contributed by atoms with E-state index in [1.807, 2.05) is 6.07 Å². The Morgan fingerprint density at radius 2 is 1.93 bits per heavy atom. The number of thiophene rings is 1. The van der Waals surface area contributed by atoms with Gasteiger partial charge in [0.2, 0.25) is 0 Å². The van der Waals surface area contributed by atoms with Crippen LogP contribution in [0.15, 0.2) is 12.4 Å². The van der Waals surface area contributed by atoms with Gasteiger partial charge in [-0.25, -0.2) is 18.6 Å². The summed E-state index contributed by atoms with van der Waals surface area (Å²) in [6.07, 6.45) is 1.67. The number of nitrogens with zero attached hydrogens (tertiary/aromatic N) is 5. The van der Waals surface area contributed by atoms with Crippen LogP contribution in [0.5, 0.6) is 6.01 Å². The molecule has 0 aliphatic carbocycles. The van der Waals surface area contributed by atoms with Crippen molar-refractivity contribution >= 4 is 43.4 Å². The van der Waals surface area contributed by atoms with Crippen LogP contribution in [0.4, 0.5) is 18.6 Å². The zero-order valence-electron chi connectivity index (χ0n) is 23.8. The minimum absolute atomic E-state index is 0.00395. The third kappa shape index (κ3) is 5.68. The summed E-state index contributed by atoms with van der Waals surface area (Å²) in [5, 5.41) is 13.2. The van der Waals surface area contributed by atoms with Crippen molar-refractivity contribution in [3.63, 3.8) is 0 Å². The number of morpholine rings is 1. The Morgan fingerprint density at radius 1 is 1.16 bits per heavy atom. The second kappa shape index (κ2) is 11.6. The summed E-state index contributed by atoms with van der Waals surface area (Å²) in [6.45, 7) is 9.21. The van der Waals surface area contributed by atoms with Crippen LogP contribution in [0.1, 0.15) is 37.5 Å². The average molecular weight is 611 g/mol. The van der Waals surface area contributed by atoms with E-state index in [1.165, 1.54) is 6.20 Å². The molecule has 0 atom stereocenters. The van der Waals surface area contributed by atoms with Crippen molar-refractivity contribution in [3.8, 4) is 23.3 Å². The number of nitrogens with one attached hydrogen (secondary N) is 1. The van der Waals surface area contributed by atoms with Crippen molar-refractivity contribution in [3.05, 3.63) is 40.7 Å². The van der Waals surface area contributed by atoms with Gasteiger partial charge in [-0.05, 0) is 31.9 Å². The standard InChI is InChI=1S/C29H28F2N6O5S/c1-29(2,3)42-28(38)36-26-15(10-32)21-24(33-12-19(30)25(21)43-26)20-18-14-40-13-17(18)16-11-34-27(35-23(16)22(20)31)41-9-6-37-4-7-39-8-5-37/h11-12H,4-9,13-14H2,1-3H3,(H,36,38). The number of carbonyl (C=O) groups is 1. The SMILES string of the molecule is CC(C)(C)OC(=O)Nc1sc2c(F)cnc(-c3c4c(c5cnc(OCCN6CCOCC6)nc5c3F)COC4)c2c1C#N. The quantitative estimate of drug-likeness (QED) is 0.313. The first-order valence-electron chi connectivity index (χ1n) is 13.7. The first kappa shape index (κ1) is 29.1. The van der Waals surface area contributed by atoms with Crippen LogP contribution in [-0.2, 0) is 27.4 Å². The maximum Gasteiger partial charge on any atom is 0.412 e. The van der Waals surface area contributed by atoms with Crippen molar-refractivity contribution in [2.24, 2.45) is 0 Å². The largest absolute Gasteiger partial charge is 0.462 e. The van der Waals surface area contributed by atoms with Crippen LogP contribution < -0.4 is 10.1 Å². The molecule has 11 nitrogen and oxygen atoms in total. The van der Waals surface area contributed by atoms with Crippen LogP contribution in [0, 0.1) is 23.0 Å². The number of hydrogen-bond donors (Lipinski definition) is 1. The minimum Gasteiger partial charge on any atom is -0.462 e. The van der Waals surface area contributed by atoms with Gasteiger partial charge < -0.3 is 18.9 Å². The number of anilines is 1. The van der Waals surface area contributed by atoms with E-state index in [9.17, 15) is 10.1 Å². The fourth-order valence-electron chi connectivity index (χ4n) is 5.15. The molecule has 1 aromatic carbocycles. The topological polar surface area (TPSA) is 132 Å². The highest BCUT2D eigenvalue weighted by atomic mass is 32.1. The number of benzene rings is 1. The first-order chi connectivity index (χ1) is 20.6. The van der Waals surface area contributed by atoms with E-state index in [1.54, 1.807) is 20.8 Å². The van der Waals surface area contributed by atoms with E-state index in [-0.39, 0.29) is 56.6 Å². The van der Waals surface area contributed by atoms with Crippen molar-refractivity contribution in [1.29, 1.82) is 5.26 Å². The van der Waals surface area contributed by atoms with Gasteiger partial charge in [-0.2, -0.15) is 10.2 Å². The van der Waals surface area contributed by atoms with Crippen molar-refractivity contribution < 1.29 is 32.5 Å². The zero-order valence-corrected chi connectivity index (χ0v) is 24.6. The number of hydrogen-bond acceptors (Lipinski definition) is 11. The molecule has 0 radical (unpaired) electrons. The summed E-state index contributed by atoms with van der Waals surface area (Å²) in [5.74, 6) is -1.44. The third-order valence-electron chi connectivity index (χ3n) is 7.05. The van der Waals surface area contributed by atoms with Crippen LogP contribution in [0.25, 0.3) is 32.2 Å². The molecule has 0 bridgehead atoms. The number of pyridine rings is 1. The second-order valence-electron chi connectivity index (χ2n) is 11.1. The van der Waals surface area contributed by atoms with E-state index >= 15 is 8.78 Å². The van der Waals surface area contributed by atoms with Crippen molar-refractivity contribution in [2.45, 2.75) is 39.6 Å². The van der Waals surface area contributed by atoms with Gasteiger partial charge in [0, 0.05) is 42.2 Å². The van der Waals surface area contributed by atoms with Crippen LogP contribution in [-0.4, -0.2) is 71.0 Å². The summed E-state index contributed by atoms with van der Waals surface area (Å²) in [7, 11) is 0. The van der Waals surface area contributed by atoms with E-state index in [2.05, 4.69) is 25.2 Å². The highest BCUT2D eigenvalue weighted by Gasteiger charge is 2.31. The molecular weight excluding hydrogens is 582 g/mol. The number of ether oxygens (including phenoxy) is 4. The summed E-state index contributed by atoms with van der Waals surface area (Å²) in [4.78, 5) is 27.7. The fourth-order valence-corrected chi connectivity index (χ4v) is 6.19. The fraction of sp³-hybridized carbons (Fsp3) is 0.414. The van der Waals surface area contributed by atoms with Crippen molar-refractivity contribution in [1.82, 2.24) is 19.9 Å². The Morgan fingerprint density at radius 3 is 2.67 bits per heavy atom. The predicted octanol–water partition coefficient (Wildman–Crippen LogP) is 5.14. The van der Waals surface area contributed by atoms with Crippen molar-refractivity contribution in [2.75, 3.05) is 44.8 Å². The van der Waals surface area contributed by atoms with Crippen LogP contribution in [0.3, 0.4) is 0 Å². The van der Waals surface area contributed by atoms with E-state index < -0.39 is 23.3 Å². The molecule has 2 aliphatic rings. The number of fused-ring (bicyclic) bond motifs is 4. The maximum absolute atomic E-state index is 16.5. The first-order valence-corrected chi connectivity index (χ1v) is 14.5. The normalized spacial score (nSPS) is 15.4. The van der Waals surface area contributed by atoms with Gasteiger partial charge in [-0.1, -0.05) is 0 Å². The van der Waals surface area contributed by atoms with E-state index in [4.69, 9.17) is 18.9 Å². The molecule has 1 saturated heterocycles. The Kier molecular flexibility index (Phi) is 7.82. The predicted molar refractivity (Wildman–Crippen MR) is 154 cm³/mol. The molecule has 2 aliphatic heterocycles. The number of amides is 1. The van der Waals surface area contributed by atoms with Gasteiger partial charge in [-0.3, -0.25) is 15.2 Å². The lowest BCUT2D eigenvalue weighted by molar-refractivity contribution is 0.0317. The molecule has 0 unspecified atom stereocenters. The molecule has 0 spiro atoms. The maximum atomic E-state index is 16.5. The molecule has 0 saturated carbocycles. The average Bonchev–Trinajstić information content (AvgIpc) is 3.59. The van der Waals surface area contributed by atoms with Gasteiger partial charge >= 0.3 is 12.1 Å². The number of rotatable bonds is 6. The van der Waals surface area contributed by atoms with E-state index in [0.717, 1.165) is 30.6 Å². The minimum atomic E-state index is -0.811. The molecule has 4 aromatic rings. The molecule has 5 heterocycles. The highest BCUT2D eigenvalue weighted by Crippen LogP contribution is 2.45. The molecule has 6 rings (SSSR count). The smallest absolute Gasteiger partial charge is 0.412 e. The highest BCUT2D eigenvalue weighted by molar-refractivity contribution is 7.23. The Bertz CT molecular complexity index is 1780. The lowest BCUT2D eigenvalue weighted by Crippen LogP contribution is -2.38. The molecular formula is C29H28F2N6O5S. The molecule has 3 aromatic heterocycles. The van der Waals surface area contributed by atoms with Crippen LogP contribution in [0.2, 0.25) is 0 Å². The van der Waals surface area contributed by atoms with E-state index in [0.29, 0.717) is 42.9 Å². The summed E-state index contributed by atoms with van der Waals surface area (Å²) < 4.78 is 53.8. The molecule has 43 heavy (non-hydrogen) atoms. The Labute approximate surface area is 249 Å². The molecule has 1 fully saturated rings. The van der Waals surface area contributed by atoms with Gasteiger partial charge in [0.1, 0.15) is 28.8 Å². The molecule has 14 heteroatoms. The Hall–Kier alpha value is -4.03. The van der Waals surface area contributed by atoms with Gasteiger partial charge in [0.15, 0.2) is 11.6 Å².